The SMILES string of the molecule is CCOc1ccc(N2C(=O)C(=O)/C(=C(\O)c3ccc(OC)c(C(C)(C)C)c3)C2c2ccccn2)cc1. The number of aromatic nitrogens is 1. The molecule has 2 aromatic carbocycles. The molecule has 4 rings (SSSR count). The van der Waals surface area contributed by atoms with Crippen LogP contribution in [-0.4, -0.2) is 35.5 Å². The minimum atomic E-state index is -0.899. The van der Waals surface area contributed by atoms with E-state index >= 15 is 0 Å². The number of carbonyl (C=O) groups excluding carboxylic acids is 2. The maximum atomic E-state index is 13.4. The van der Waals surface area contributed by atoms with Crippen molar-refractivity contribution >= 4 is 23.1 Å². The van der Waals surface area contributed by atoms with Crippen LogP contribution in [0.3, 0.4) is 0 Å². The molecule has 1 aromatic heterocycles. The van der Waals surface area contributed by atoms with E-state index in [1.807, 2.05) is 27.7 Å². The molecule has 186 valence electrons. The third kappa shape index (κ3) is 4.56. The number of ether oxygens (including phenoxy) is 2. The van der Waals surface area contributed by atoms with Gasteiger partial charge in [0.2, 0.25) is 0 Å². The van der Waals surface area contributed by atoms with Crippen LogP contribution in [0.25, 0.3) is 5.76 Å². The predicted octanol–water partition coefficient (Wildman–Crippen LogP) is 5.41. The number of benzene rings is 2. The van der Waals surface area contributed by atoms with E-state index in [2.05, 4.69) is 4.98 Å². The van der Waals surface area contributed by atoms with Gasteiger partial charge in [0.25, 0.3) is 11.7 Å². The Bertz CT molecular complexity index is 1310. The third-order valence-electron chi connectivity index (χ3n) is 6.12. The van der Waals surface area contributed by atoms with Crippen LogP contribution in [0.2, 0.25) is 0 Å². The van der Waals surface area contributed by atoms with Gasteiger partial charge in [0.05, 0.1) is 25.0 Å². The molecule has 0 spiro atoms. The van der Waals surface area contributed by atoms with Crippen LogP contribution in [0, 0.1) is 0 Å². The average molecular weight is 487 g/mol. The zero-order valence-corrected chi connectivity index (χ0v) is 21.1. The van der Waals surface area contributed by atoms with Gasteiger partial charge in [-0.2, -0.15) is 0 Å². The standard InChI is InChI=1S/C29H30N2O5/c1-6-36-20-13-11-19(12-14-20)31-25(22-9-7-8-16-30-22)24(27(33)28(31)34)26(32)18-10-15-23(35-5)21(17-18)29(2,3)4/h7-17,25,32H,6H2,1-5H3/b26-24-. The fraction of sp³-hybridized carbons (Fsp3) is 0.276. The Balaban J connectivity index is 1.90. The summed E-state index contributed by atoms with van der Waals surface area (Å²) in [6.07, 6.45) is 1.60. The van der Waals surface area contributed by atoms with Crippen LogP contribution >= 0.6 is 0 Å². The second-order valence-corrected chi connectivity index (χ2v) is 9.52. The number of methoxy groups -OCH3 is 1. The molecule has 1 saturated heterocycles. The van der Waals surface area contributed by atoms with Gasteiger partial charge >= 0.3 is 0 Å². The van der Waals surface area contributed by atoms with Gasteiger partial charge in [-0.25, -0.2) is 0 Å². The molecule has 7 heteroatoms. The Kier molecular flexibility index (Phi) is 6.84. The quantitative estimate of drug-likeness (QED) is 0.285. The molecular weight excluding hydrogens is 456 g/mol. The fourth-order valence-corrected chi connectivity index (χ4v) is 4.38. The van der Waals surface area contributed by atoms with Crippen LogP contribution in [0.5, 0.6) is 11.5 Å². The summed E-state index contributed by atoms with van der Waals surface area (Å²) < 4.78 is 11.0. The second-order valence-electron chi connectivity index (χ2n) is 9.52. The Morgan fingerprint density at radius 1 is 1.06 bits per heavy atom. The summed E-state index contributed by atoms with van der Waals surface area (Å²) in [5.41, 5.74) is 1.96. The van der Waals surface area contributed by atoms with E-state index in [1.54, 1.807) is 74.0 Å². The number of pyridine rings is 1. The maximum Gasteiger partial charge on any atom is 0.300 e. The van der Waals surface area contributed by atoms with Crippen LogP contribution in [0.4, 0.5) is 5.69 Å². The van der Waals surface area contributed by atoms with Crippen molar-refractivity contribution in [1.82, 2.24) is 4.98 Å². The zero-order chi connectivity index (χ0) is 26.0. The van der Waals surface area contributed by atoms with Gasteiger partial charge in [0.1, 0.15) is 23.3 Å². The Labute approximate surface area is 211 Å². The minimum absolute atomic E-state index is 0.0161. The largest absolute Gasteiger partial charge is 0.507 e. The highest BCUT2D eigenvalue weighted by Gasteiger charge is 2.47. The Hall–Kier alpha value is -4.13. The summed E-state index contributed by atoms with van der Waals surface area (Å²) in [4.78, 5) is 32.5. The molecule has 1 amide bonds. The average Bonchev–Trinajstić information content (AvgIpc) is 3.14. The molecule has 1 unspecified atom stereocenters. The van der Waals surface area contributed by atoms with Crippen molar-refractivity contribution < 1.29 is 24.2 Å². The van der Waals surface area contributed by atoms with Crippen molar-refractivity contribution in [3.63, 3.8) is 0 Å². The number of amides is 1. The van der Waals surface area contributed by atoms with E-state index in [-0.39, 0.29) is 16.7 Å². The van der Waals surface area contributed by atoms with Gasteiger partial charge < -0.3 is 14.6 Å². The van der Waals surface area contributed by atoms with Crippen molar-refractivity contribution in [3.05, 3.63) is 89.3 Å². The first-order valence-electron chi connectivity index (χ1n) is 11.8. The lowest BCUT2D eigenvalue weighted by Gasteiger charge is -2.25. The van der Waals surface area contributed by atoms with Crippen molar-refractivity contribution in [2.75, 3.05) is 18.6 Å². The van der Waals surface area contributed by atoms with Crippen molar-refractivity contribution in [2.24, 2.45) is 0 Å². The van der Waals surface area contributed by atoms with Gasteiger partial charge in [-0.05, 0) is 66.9 Å². The number of nitrogens with zero attached hydrogens (tertiary/aromatic N) is 2. The number of rotatable bonds is 6. The molecule has 0 aliphatic carbocycles. The number of hydrogen-bond donors (Lipinski definition) is 1. The van der Waals surface area contributed by atoms with Crippen LogP contribution < -0.4 is 14.4 Å². The number of ketones is 1. The van der Waals surface area contributed by atoms with Crippen LogP contribution in [-0.2, 0) is 15.0 Å². The van der Waals surface area contributed by atoms with E-state index in [9.17, 15) is 14.7 Å². The molecule has 1 N–H and O–H groups in total. The van der Waals surface area contributed by atoms with Gasteiger partial charge in [0.15, 0.2) is 0 Å². The number of Topliss-reactive ketones (excluding diaryl/α,β-unsaturated/α-hetero) is 1. The van der Waals surface area contributed by atoms with Crippen LogP contribution in [0.1, 0.15) is 50.6 Å². The number of anilines is 1. The molecule has 0 bridgehead atoms. The molecule has 36 heavy (non-hydrogen) atoms. The van der Waals surface area contributed by atoms with E-state index in [4.69, 9.17) is 9.47 Å². The van der Waals surface area contributed by atoms with Crippen molar-refractivity contribution in [2.45, 2.75) is 39.2 Å². The molecule has 0 radical (unpaired) electrons. The summed E-state index contributed by atoms with van der Waals surface area (Å²) in [6.45, 7) is 8.50. The molecule has 1 aliphatic rings. The van der Waals surface area contributed by atoms with Gasteiger partial charge in [-0.3, -0.25) is 19.5 Å². The molecule has 0 saturated carbocycles. The normalized spacial score (nSPS) is 17.4. The highest BCUT2D eigenvalue weighted by Crippen LogP contribution is 2.42. The lowest BCUT2D eigenvalue weighted by Crippen LogP contribution is -2.29. The highest BCUT2D eigenvalue weighted by atomic mass is 16.5. The van der Waals surface area contributed by atoms with Crippen LogP contribution in [0.15, 0.2) is 72.4 Å². The summed E-state index contributed by atoms with van der Waals surface area (Å²) in [7, 11) is 1.59. The molecular formula is C29H30N2O5. The van der Waals surface area contributed by atoms with E-state index in [0.29, 0.717) is 35.1 Å². The van der Waals surface area contributed by atoms with E-state index in [0.717, 1.165) is 5.56 Å². The summed E-state index contributed by atoms with van der Waals surface area (Å²) >= 11 is 0. The number of hydrogen-bond acceptors (Lipinski definition) is 6. The fourth-order valence-electron chi connectivity index (χ4n) is 4.38. The third-order valence-corrected chi connectivity index (χ3v) is 6.12. The molecule has 3 aromatic rings. The second kappa shape index (κ2) is 9.85. The molecule has 7 nitrogen and oxygen atoms in total. The lowest BCUT2D eigenvalue weighted by atomic mass is 9.84. The first-order valence-corrected chi connectivity index (χ1v) is 11.8. The zero-order valence-electron chi connectivity index (χ0n) is 21.1. The summed E-state index contributed by atoms with van der Waals surface area (Å²) in [6, 6.07) is 16.5. The molecule has 1 atom stereocenters. The topological polar surface area (TPSA) is 89.0 Å². The van der Waals surface area contributed by atoms with E-state index in [1.165, 1.54) is 4.90 Å². The smallest absolute Gasteiger partial charge is 0.300 e. The molecule has 2 heterocycles. The molecule has 1 fully saturated rings. The number of carbonyl (C=O) groups is 2. The van der Waals surface area contributed by atoms with Gasteiger partial charge in [-0.15, -0.1) is 0 Å². The lowest BCUT2D eigenvalue weighted by molar-refractivity contribution is -0.132. The van der Waals surface area contributed by atoms with Gasteiger partial charge in [-0.1, -0.05) is 26.8 Å². The summed E-state index contributed by atoms with van der Waals surface area (Å²) in [5, 5.41) is 11.5. The number of aliphatic hydroxyl groups excluding tert-OH is 1. The first kappa shape index (κ1) is 25.0. The maximum absolute atomic E-state index is 13.4. The highest BCUT2D eigenvalue weighted by molar-refractivity contribution is 6.51. The van der Waals surface area contributed by atoms with Crippen molar-refractivity contribution in [1.29, 1.82) is 0 Å². The first-order chi connectivity index (χ1) is 17.2. The number of aliphatic hydroxyl groups is 1. The van der Waals surface area contributed by atoms with Gasteiger partial charge in [0, 0.05) is 23.0 Å². The predicted molar refractivity (Wildman–Crippen MR) is 138 cm³/mol. The minimum Gasteiger partial charge on any atom is -0.507 e. The monoisotopic (exact) mass is 486 g/mol. The Morgan fingerprint density at radius 3 is 2.36 bits per heavy atom. The van der Waals surface area contributed by atoms with E-state index < -0.39 is 17.7 Å². The summed E-state index contributed by atoms with van der Waals surface area (Å²) in [5.74, 6) is -0.438. The van der Waals surface area contributed by atoms with Crippen molar-refractivity contribution in [3.8, 4) is 11.5 Å². The Morgan fingerprint density at radius 2 is 1.78 bits per heavy atom. The molecule has 1 aliphatic heterocycles.